The molecule has 1 nitrogen and oxygen atoms in total. The van der Waals surface area contributed by atoms with Crippen molar-refractivity contribution in [2.24, 2.45) is 0 Å². The number of alkyl halides is 2. The van der Waals surface area contributed by atoms with E-state index < -0.39 is 9.95 Å². The summed E-state index contributed by atoms with van der Waals surface area (Å²) in [4.78, 5) is 8.77. The van der Waals surface area contributed by atoms with Crippen LogP contribution in [0, 0.1) is 0 Å². The van der Waals surface area contributed by atoms with Crippen molar-refractivity contribution in [1.82, 2.24) is 0 Å². The maximum atomic E-state index is 9.74. The number of carbonyl (C=O) groups is 1. The molecule has 6 heavy (non-hydrogen) atoms. The van der Waals surface area contributed by atoms with E-state index >= 15 is 0 Å². The third-order valence-electron chi connectivity index (χ3n) is 0.187. The van der Waals surface area contributed by atoms with Gasteiger partial charge in [0.1, 0.15) is 0 Å². The van der Waals surface area contributed by atoms with E-state index in [0.29, 0.717) is 0 Å². The first-order chi connectivity index (χ1) is 2.64. The van der Waals surface area contributed by atoms with E-state index in [1.165, 1.54) is 0 Å². The van der Waals surface area contributed by atoms with E-state index in [1.54, 1.807) is 0 Å². The fourth-order valence-corrected chi connectivity index (χ4v) is 0. The average Bonchev–Trinajstić information content (AvgIpc) is 1.36. The highest BCUT2D eigenvalue weighted by molar-refractivity contribution is 7.97. The van der Waals surface area contributed by atoms with Crippen LogP contribution >= 0.6 is 35.8 Å². The molecule has 0 rings (SSSR count). The van der Waals surface area contributed by atoms with Crippen molar-refractivity contribution in [3.63, 3.8) is 0 Å². The van der Waals surface area contributed by atoms with Gasteiger partial charge in [-0.3, -0.25) is 4.79 Å². The molecular weight excluding hydrogens is 143 g/mol. The zero-order chi connectivity index (χ0) is 5.15. The minimum absolute atomic E-state index is 0.515. The lowest BCUT2D eigenvalue weighted by Gasteiger charge is -1.84. The van der Waals surface area contributed by atoms with Crippen molar-refractivity contribution in [1.29, 1.82) is 0 Å². The van der Waals surface area contributed by atoms with Crippen molar-refractivity contribution in [2.75, 3.05) is 0 Å². The van der Waals surface area contributed by atoms with Crippen molar-refractivity contribution < 1.29 is 4.79 Å². The SMILES string of the molecule is O=C(S)C(Cl)Cl. The Morgan fingerprint density at radius 3 is 1.83 bits per heavy atom. The van der Waals surface area contributed by atoms with E-state index in [9.17, 15) is 4.79 Å². The van der Waals surface area contributed by atoms with Crippen LogP contribution in [0.5, 0.6) is 0 Å². The zero-order valence-corrected chi connectivity index (χ0v) is 5.10. The van der Waals surface area contributed by atoms with Gasteiger partial charge in [0.05, 0.1) is 0 Å². The third kappa shape index (κ3) is 2.82. The highest BCUT2D eigenvalue weighted by Crippen LogP contribution is 2.03. The molecule has 0 unspecified atom stereocenters. The average molecular weight is 145 g/mol. The normalized spacial score (nSPS) is 9.33. The molecule has 0 fully saturated rings. The zero-order valence-electron chi connectivity index (χ0n) is 2.69. The lowest BCUT2D eigenvalue weighted by Crippen LogP contribution is -1.95. The molecule has 0 atom stereocenters. The number of carbonyl (C=O) groups excluding carboxylic acids is 1. The van der Waals surface area contributed by atoms with Crippen molar-refractivity contribution in [2.45, 2.75) is 4.84 Å². The van der Waals surface area contributed by atoms with Crippen LogP contribution in [0.2, 0.25) is 0 Å². The van der Waals surface area contributed by atoms with E-state index in [0.717, 1.165) is 0 Å². The number of hydrogen-bond acceptors (Lipinski definition) is 1. The standard InChI is InChI=1S/C2H2Cl2OS/c3-1(4)2(5)6/h1H,(H,5,6). The van der Waals surface area contributed by atoms with Crippen LogP contribution in [0.15, 0.2) is 0 Å². The van der Waals surface area contributed by atoms with Crippen LogP contribution in [0.25, 0.3) is 0 Å². The first kappa shape index (κ1) is 6.60. The highest BCUT2D eigenvalue weighted by Gasteiger charge is 2.02. The first-order valence-corrected chi connectivity index (χ1v) is 2.47. The molecule has 0 aliphatic carbocycles. The molecule has 0 aromatic heterocycles. The molecular formula is C2H2Cl2OS. The number of thiol groups is 1. The summed E-state index contributed by atoms with van der Waals surface area (Å²) in [6.45, 7) is 0. The summed E-state index contributed by atoms with van der Waals surface area (Å²) >= 11 is 13.2. The minimum Gasteiger partial charge on any atom is -0.284 e. The van der Waals surface area contributed by atoms with E-state index in [4.69, 9.17) is 23.2 Å². The van der Waals surface area contributed by atoms with Gasteiger partial charge in [0, 0.05) is 0 Å². The second kappa shape index (κ2) is 2.72. The van der Waals surface area contributed by atoms with Gasteiger partial charge in [-0.05, 0) is 0 Å². The Bertz CT molecular complexity index is 62.6. The van der Waals surface area contributed by atoms with Gasteiger partial charge < -0.3 is 0 Å². The second-order valence-electron chi connectivity index (χ2n) is 0.639. The van der Waals surface area contributed by atoms with Gasteiger partial charge in [-0.15, -0.1) is 12.6 Å². The Kier molecular flexibility index (Phi) is 2.99. The molecule has 0 saturated carbocycles. The molecule has 0 aliphatic heterocycles. The van der Waals surface area contributed by atoms with Gasteiger partial charge in [-0.1, -0.05) is 23.2 Å². The smallest absolute Gasteiger partial charge is 0.218 e. The molecule has 0 N–H and O–H groups in total. The fraction of sp³-hybridized carbons (Fsp3) is 0.500. The van der Waals surface area contributed by atoms with Crippen LogP contribution < -0.4 is 0 Å². The van der Waals surface area contributed by atoms with Gasteiger partial charge in [0.2, 0.25) is 5.12 Å². The number of hydrogen-bond donors (Lipinski definition) is 1. The van der Waals surface area contributed by atoms with Gasteiger partial charge in [0.25, 0.3) is 0 Å². The molecule has 0 aliphatic rings. The monoisotopic (exact) mass is 144 g/mol. The van der Waals surface area contributed by atoms with E-state index in [1.807, 2.05) is 0 Å². The van der Waals surface area contributed by atoms with Gasteiger partial charge in [-0.2, -0.15) is 0 Å². The topological polar surface area (TPSA) is 17.1 Å². The number of rotatable bonds is 1. The molecule has 0 aromatic rings. The summed E-state index contributed by atoms with van der Waals surface area (Å²) in [6.07, 6.45) is 0. The largest absolute Gasteiger partial charge is 0.284 e. The summed E-state index contributed by atoms with van der Waals surface area (Å²) in [5.41, 5.74) is 0. The van der Waals surface area contributed by atoms with Crippen molar-refractivity contribution in [3.05, 3.63) is 0 Å². The van der Waals surface area contributed by atoms with Gasteiger partial charge in [-0.25, -0.2) is 0 Å². The van der Waals surface area contributed by atoms with Gasteiger partial charge >= 0.3 is 0 Å². The Hall–Kier alpha value is 0.600. The Morgan fingerprint density at radius 1 is 1.67 bits per heavy atom. The summed E-state index contributed by atoms with van der Waals surface area (Å²) in [5, 5.41) is -0.515. The van der Waals surface area contributed by atoms with Crippen LogP contribution in [0.3, 0.4) is 0 Å². The lowest BCUT2D eigenvalue weighted by atomic mass is 10.9. The Balaban J connectivity index is 3.26. The Labute approximate surface area is 51.0 Å². The summed E-state index contributed by atoms with van der Waals surface area (Å²) in [5.74, 6) is 0. The van der Waals surface area contributed by atoms with E-state index in [2.05, 4.69) is 12.6 Å². The lowest BCUT2D eigenvalue weighted by molar-refractivity contribution is -0.109. The molecule has 36 valence electrons. The van der Waals surface area contributed by atoms with Crippen LogP contribution in [0.1, 0.15) is 0 Å². The third-order valence-corrected chi connectivity index (χ3v) is 1.15. The van der Waals surface area contributed by atoms with Crippen molar-refractivity contribution >= 4 is 40.9 Å². The summed E-state index contributed by atoms with van der Waals surface area (Å²) in [6, 6.07) is 0. The first-order valence-electron chi connectivity index (χ1n) is 1.15. The van der Waals surface area contributed by atoms with Crippen molar-refractivity contribution in [3.8, 4) is 0 Å². The maximum absolute atomic E-state index is 9.74. The molecule has 0 radical (unpaired) electrons. The molecule has 0 saturated heterocycles. The number of halogens is 2. The quantitative estimate of drug-likeness (QED) is 0.434. The second-order valence-corrected chi connectivity index (χ2v) is 2.18. The molecule has 0 amide bonds. The molecule has 0 spiro atoms. The van der Waals surface area contributed by atoms with E-state index in [-0.39, 0.29) is 0 Å². The molecule has 4 heteroatoms. The maximum Gasteiger partial charge on any atom is 0.218 e. The molecule has 0 aromatic carbocycles. The van der Waals surface area contributed by atoms with Gasteiger partial charge in [0.15, 0.2) is 4.84 Å². The predicted octanol–water partition coefficient (Wildman–Crippen LogP) is 1.25. The predicted molar refractivity (Wildman–Crippen MR) is 29.5 cm³/mol. The highest BCUT2D eigenvalue weighted by atomic mass is 35.5. The summed E-state index contributed by atoms with van der Waals surface area (Å²) < 4.78 is 0. The molecule has 0 bridgehead atoms. The van der Waals surface area contributed by atoms with Crippen LogP contribution in [-0.2, 0) is 4.79 Å². The van der Waals surface area contributed by atoms with Crippen LogP contribution in [0.4, 0.5) is 0 Å². The minimum atomic E-state index is -0.978. The fourth-order valence-electron chi connectivity index (χ4n) is 0. The Morgan fingerprint density at radius 2 is 1.83 bits per heavy atom. The summed E-state index contributed by atoms with van der Waals surface area (Å²) in [7, 11) is 0. The van der Waals surface area contributed by atoms with Crippen LogP contribution in [-0.4, -0.2) is 9.95 Å². The molecule has 0 heterocycles.